The van der Waals surface area contributed by atoms with Crippen LogP contribution in [-0.2, 0) is 6.18 Å². The first-order valence-electron chi connectivity index (χ1n) is 4.37. The van der Waals surface area contributed by atoms with E-state index < -0.39 is 11.7 Å². The normalized spacial score (nSPS) is 11.5. The summed E-state index contributed by atoms with van der Waals surface area (Å²) in [7, 11) is 0. The number of benzene rings is 1. The summed E-state index contributed by atoms with van der Waals surface area (Å²) in [6.07, 6.45) is -4.26. The molecule has 0 heterocycles. The molecule has 0 fully saturated rings. The number of alkyl halides is 3. The largest absolute Gasteiger partial charge is 0.416 e. The number of anilines is 1. The van der Waals surface area contributed by atoms with E-state index >= 15 is 0 Å². The van der Waals surface area contributed by atoms with Crippen molar-refractivity contribution in [2.45, 2.75) is 20.0 Å². The minimum absolute atomic E-state index is 0.246. The third-order valence-electron chi connectivity index (χ3n) is 1.91. The van der Waals surface area contributed by atoms with Crippen molar-refractivity contribution in [2.24, 2.45) is 0 Å². The highest BCUT2D eigenvalue weighted by atomic mass is 19.4. The lowest BCUT2D eigenvalue weighted by Gasteiger charge is -2.11. The quantitative estimate of drug-likeness (QED) is 0.776. The van der Waals surface area contributed by atoms with Gasteiger partial charge < -0.3 is 5.32 Å². The molecule has 0 aliphatic rings. The van der Waals surface area contributed by atoms with E-state index in [1.807, 2.05) is 6.92 Å². The summed E-state index contributed by atoms with van der Waals surface area (Å²) < 4.78 is 37.0. The zero-order valence-electron chi connectivity index (χ0n) is 8.07. The summed E-state index contributed by atoms with van der Waals surface area (Å²) in [6.45, 7) is 4.06. The smallest absolute Gasteiger partial charge is 0.385 e. The van der Waals surface area contributed by atoms with Crippen molar-refractivity contribution in [3.05, 3.63) is 29.3 Å². The molecule has 1 aromatic rings. The molecule has 0 radical (unpaired) electrons. The molecule has 0 aliphatic heterocycles. The number of aryl methyl sites for hydroxylation is 1. The Morgan fingerprint density at radius 2 is 1.93 bits per heavy atom. The van der Waals surface area contributed by atoms with Crippen LogP contribution in [0.5, 0.6) is 0 Å². The molecule has 0 spiro atoms. The highest BCUT2D eigenvalue weighted by Crippen LogP contribution is 2.32. The highest BCUT2D eigenvalue weighted by molar-refractivity contribution is 5.48. The first-order chi connectivity index (χ1) is 6.45. The maximum atomic E-state index is 12.3. The summed E-state index contributed by atoms with van der Waals surface area (Å²) in [6, 6.07) is 4.05. The Balaban J connectivity index is 3.02. The van der Waals surface area contributed by atoms with Gasteiger partial charge in [-0.05, 0) is 37.6 Å². The van der Waals surface area contributed by atoms with Crippen molar-refractivity contribution in [3.63, 3.8) is 0 Å². The molecule has 1 N–H and O–H groups in total. The van der Waals surface area contributed by atoms with Crippen molar-refractivity contribution < 1.29 is 13.2 Å². The predicted octanol–water partition coefficient (Wildman–Crippen LogP) is 3.45. The van der Waals surface area contributed by atoms with Crippen LogP contribution in [-0.4, -0.2) is 6.54 Å². The van der Waals surface area contributed by atoms with Gasteiger partial charge in [0.25, 0.3) is 0 Å². The van der Waals surface area contributed by atoms with Crippen molar-refractivity contribution in [2.75, 3.05) is 11.9 Å². The van der Waals surface area contributed by atoms with E-state index in [0.717, 1.165) is 11.8 Å². The Hall–Kier alpha value is -1.19. The van der Waals surface area contributed by atoms with E-state index in [4.69, 9.17) is 0 Å². The van der Waals surface area contributed by atoms with E-state index in [0.29, 0.717) is 6.54 Å². The van der Waals surface area contributed by atoms with Gasteiger partial charge in [0.05, 0.1) is 5.56 Å². The Morgan fingerprint density at radius 1 is 1.29 bits per heavy atom. The van der Waals surface area contributed by atoms with E-state index in [-0.39, 0.29) is 5.56 Å². The van der Waals surface area contributed by atoms with Crippen LogP contribution in [0.15, 0.2) is 18.2 Å². The lowest BCUT2D eigenvalue weighted by atomic mass is 10.1. The van der Waals surface area contributed by atoms with Gasteiger partial charge in [-0.25, -0.2) is 0 Å². The van der Waals surface area contributed by atoms with Crippen LogP contribution >= 0.6 is 0 Å². The van der Waals surface area contributed by atoms with Crippen molar-refractivity contribution >= 4 is 5.69 Å². The molecule has 0 saturated carbocycles. The zero-order chi connectivity index (χ0) is 10.8. The van der Waals surface area contributed by atoms with Crippen LogP contribution < -0.4 is 5.32 Å². The maximum absolute atomic E-state index is 12.3. The van der Waals surface area contributed by atoms with Crippen molar-refractivity contribution in [1.82, 2.24) is 0 Å². The van der Waals surface area contributed by atoms with Crippen LogP contribution in [0.2, 0.25) is 0 Å². The van der Waals surface area contributed by atoms with Gasteiger partial charge in [-0.1, -0.05) is 0 Å². The Labute approximate surface area is 80.9 Å². The highest BCUT2D eigenvalue weighted by Gasteiger charge is 2.31. The van der Waals surface area contributed by atoms with Crippen LogP contribution in [0.3, 0.4) is 0 Å². The monoisotopic (exact) mass is 203 g/mol. The fourth-order valence-corrected chi connectivity index (χ4v) is 1.30. The lowest BCUT2D eigenvalue weighted by Crippen LogP contribution is -2.08. The number of halogens is 3. The van der Waals surface area contributed by atoms with Gasteiger partial charge in [0.2, 0.25) is 0 Å². The molecule has 4 heteroatoms. The predicted molar refractivity (Wildman–Crippen MR) is 50.3 cm³/mol. The topological polar surface area (TPSA) is 12.0 Å². The molecule has 0 bridgehead atoms. The first-order valence-corrected chi connectivity index (χ1v) is 4.37. The molecule has 0 atom stereocenters. The van der Waals surface area contributed by atoms with Gasteiger partial charge in [-0.2, -0.15) is 13.2 Å². The molecule has 0 saturated heterocycles. The van der Waals surface area contributed by atoms with Crippen LogP contribution in [0, 0.1) is 6.92 Å². The lowest BCUT2D eigenvalue weighted by molar-refractivity contribution is -0.138. The molecule has 0 amide bonds. The molecule has 1 aromatic carbocycles. The Morgan fingerprint density at radius 3 is 2.36 bits per heavy atom. The van der Waals surface area contributed by atoms with Gasteiger partial charge in [0.15, 0.2) is 0 Å². The molecule has 78 valence electrons. The fraction of sp³-hybridized carbons (Fsp3) is 0.400. The van der Waals surface area contributed by atoms with E-state index in [1.165, 1.54) is 19.1 Å². The van der Waals surface area contributed by atoms with E-state index in [2.05, 4.69) is 5.32 Å². The molecule has 0 unspecified atom stereocenters. The minimum atomic E-state index is -4.26. The summed E-state index contributed by atoms with van der Waals surface area (Å²) in [5.41, 5.74) is 0.396. The SMILES string of the molecule is CCNc1ccc(C(F)(F)F)c(C)c1. The van der Waals surface area contributed by atoms with Crippen molar-refractivity contribution in [3.8, 4) is 0 Å². The molecular formula is C10H12F3N. The molecule has 14 heavy (non-hydrogen) atoms. The third kappa shape index (κ3) is 2.40. The van der Waals surface area contributed by atoms with E-state index in [9.17, 15) is 13.2 Å². The second-order valence-electron chi connectivity index (χ2n) is 3.06. The molecule has 1 nitrogen and oxygen atoms in total. The fourth-order valence-electron chi connectivity index (χ4n) is 1.30. The molecular weight excluding hydrogens is 191 g/mol. The second-order valence-corrected chi connectivity index (χ2v) is 3.06. The summed E-state index contributed by atoms with van der Waals surface area (Å²) in [4.78, 5) is 0. The molecule has 0 aliphatic carbocycles. The van der Waals surface area contributed by atoms with Crippen molar-refractivity contribution in [1.29, 1.82) is 0 Å². The average Bonchev–Trinajstić information content (AvgIpc) is 2.02. The van der Waals surface area contributed by atoms with Crippen LogP contribution in [0.4, 0.5) is 18.9 Å². The number of nitrogens with one attached hydrogen (secondary N) is 1. The first kappa shape index (κ1) is 10.9. The summed E-state index contributed by atoms with van der Waals surface area (Å²) in [5, 5.41) is 2.96. The molecule has 0 aromatic heterocycles. The third-order valence-corrected chi connectivity index (χ3v) is 1.91. The maximum Gasteiger partial charge on any atom is 0.416 e. The van der Waals surface area contributed by atoms with Gasteiger partial charge in [0, 0.05) is 12.2 Å². The van der Waals surface area contributed by atoms with Crippen LogP contribution in [0.25, 0.3) is 0 Å². The van der Waals surface area contributed by atoms with Gasteiger partial charge in [-0.3, -0.25) is 0 Å². The van der Waals surface area contributed by atoms with Gasteiger partial charge in [-0.15, -0.1) is 0 Å². The summed E-state index contributed by atoms with van der Waals surface area (Å²) >= 11 is 0. The number of hydrogen-bond donors (Lipinski definition) is 1. The van der Waals surface area contributed by atoms with Crippen LogP contribution in [0.1, 0.15) is 18.1 Å². The average molecular weight is 203 g/mol. The standard InChI is InChI=1S/C10H12F3N/c1-3-14-8-4-5-9(7(2)6-8)10(11,12)13/h4-6,14H,3H2,1-2H3. The number of hydrogen-bond acceptors (Lipinski definition) is 1. The van der Waals surface area contributed by atoms with Gasteiger partial charge in [0.1, 0.15) is 0 Å². The van der Waals surface area contributed by atoms with Gasteiger partial charge >= 0.3 is 6.18 Å². The Bertz CT molecular complexity index is 318. The molecule has 1 rings (SSSR count). The number of rotatable bonds is 2. The Kier molecular flexibility index (Phi) is 3.03. The van der Waals surface area contributed by atoms with E-state index in [1.54, 1.807) is 0 Å². The minimum Gasteiger partial charge on any atom is -0.385 e. The summed E-state index contributed by atoms with van der Waals surface area (Å²) in [5.74, 6) is 0. The second kappa shape index (κ2) is 3.90. The zero-order valence-corrected chi connectivity index (χ0v) is 8.07.